The van der Waals surface area contributed by atoms with E-state index in [1.807, 2.05) is 19.1 Å². The molecule has 2 aromatic rings. The zero-order valence-corrected chi connectivity index (χ0v) is 16.3. The Kier molecular flexibility index (Phi) is 5.76. The molecule has 9 heteroatoms. The highest BCUT2D eigenvalue weighted by atomic mass is 35.5. The lowest BCUT2D eigenvalue weighted by Crippen LogP contribution is -2.47. The molecule has 3 rings (SSSR count). The molecule has 0 bridgehead atoms. The fourth-order valence-electron chi connectivity index (χ4n) is 2.95. The summed E-state index contributed by atoms with van der Waals surface area (Å²) in [6.07, 6.45) is 0. The summed E-state index contributed by atoms with van der Waals surface area (Å²) < 4.78 is 0. The monoisotopic (exact) mass is 421 g/mol. The van der Waals surface area contributed by atoms with Gasteiger partial charge in [-0.2, -0.15) is 0 Å². The quantitative estimate of drug-likeness (QED) is 0.702. The van der Waals surface area contributed by atoms with E-state index in [0.717, 1.165) is 5.56 Å². The van der Waals surface area contributed by atoms with Crippen molar-refractivity contribution in [3.8, 4) is 0 Å². The number of aliphatic carboxylic acids is 1. The molecule has 2 unspecified atom stereocenters. The van der Waals surface area contributed by atoms with Gasteiger partial charge in [-0.3, -0.25) is 9.59 Å². The lowest BCUT2D eigenvalue weighted by atomic mass is 10.0. The van der Waals surface area contributed by atoms with Crippen molar-refractivity contribution < 1.29 is 19.5 Å². The summed E-state index contributed by atoms with van der Waals surface area (Å²) in [6, 6.07) is 9.74. The van der Waals surface area contributed by atoms with Crippen LogP contribution in [0.4, 0.5) is 16.2 Å². The Morgan fingerprint density at radius 2 is 1.79 bits per heavy atom. The predicted octanol–water partition coefficient (Wildman–Crippen LogP) is 3.54. The Morgan fingerprint density at radius 3 is 2.39 bits per heavy atom. The molecule has 0 aliphatic carbocycles. The molecule has 0 saturated carbocycles. The van der Waals surface area contributed by atoms with Crippen molar-refractivity contribution in [3.63, 3.8) is 0 Å². The van der Waals surface area contributed by atoms with E-state index in [-0.39, 0.29) is 11.6 Å². The Balaban J connectivity index is 1.75. The van der Waals surface area contributed by atoms with Crippen molar-refractivity contribution in [2.45, 2.75) is 13.0 Å². The lowest BCUT2D eigenvalue weighted by Gasteiger charge is -2.17. The number of nitrogens with zero attached hydrogens (tertiary/aromatic N) is 1. The second kappa shape index (κ2) is 8.08. The fourth-order valence-corrected chi connectivity index (χ4v) is 3.25. The van der Waals surface area contributed by atoms with Gasteiger partial charge in [0.15, 0.2) is 0 Å². The maximum absolute atomic E-state index is 12.8. The molecule has 1 fully saturated rings. The molecular formula is C19H17Cl2N3O4. The van der Waals surface area contributed by atoms with Crippen LogP contribution in [0.2, 0.25) is 10.0 Å². The number of aryl methyl sites for hydroxylation is 1. The van der Waals surface area contributed by atoms with Crippen LogP contribution in [0.15, 0.2) is 42.5 Å². The summed E-state index contributed by atoms with van der Waals surface area (Å²) in [5.74, 6) is -2.73. The molecule has 1 saturated heterocycles. The molecule has 1 aliphatic heterocycles. The molecule has 2 aromatic carbocycles. The smallest absolute Gasteiger partial charge is 0.319 e. The molecule has 1 heterocycles. The molecule has 7 nitrogen and oxygen atoms in total. The van der Waals surface area contributed by atoms with Crippen LogP contribution in [0.3, 0.4) is 0 Å². The number of halogens is 2. The fraction of sp³-hybridized carbons (Fsp3) is 0.211. The summed E-state index contributed by atoms with van der Waals surface area (Å²) in [4.78, 5) is 38.1. The van der Waals surface area contributed by atoms with Crippen LogP contribution in [0, 0.1) is 12.8 Å². The van der Waals surface area contributed by atoms with E-state index in [1.54, 1.807) is 12.1 Å². The standard InChI is InChI=1S/C19H17Cl2N3O4/c1-10-2-5-12(6-3-10)24-9-13(18(26)27)16(17(24)25)23-19(28)22-11-4-7-14(20)15(21)8-11/h2-8,13,16H,9H2,1H3,(H,26,27)(H2,22,23,28). The molecule has 3 N–H and O–H groups in total. The minimum absolute atomic E-state index is 0.0328. The number of carboxylic acids is 1. The number of urea groups is 1. The van der Waals surface area contributed by atoms with E-state index in [0.29, 0.717) is 16.4 Å². The van der Waals surface area contributed by atoms with Gasteiger partial charge in [0.2, 0.25) is 0 Å². The summed E-state index contributed by atoms with van der Waals surface area (Å²) in [5, 5.41) is 15.1. The van der Waals surface area contributed by atoms with Crippen LogP contribution in [0.1, 0.15) is 5.56 Å². The van der Waals surface area contributed by atoms with Gasteiger partial charge in [0.25, 0.3) is 5.91 Å². The number of amides is 3. The largest absolute Gasteiger partial charge is 0.481 e. The number of nitrogens with one attached hydrogen (secondary N) is 2. The normalized spacial score (nSPS) is 18.8. The second-order valence-corrected chi connectivity index (χ2v) is 7.25. The first kappa shape index (κ1) is 20.0. The Morgan fingerprint density at radius 1 is 1.11 bits per heavy atom. The van der Waals surface area contributed by atoms with Gasteiger partial charge in [-0.25, -0.2) is 4.79 Å². The zero-order valence-electron chi connectivity index (χ0n) is 14.8. The second-order valence-electron chi connectivity index (χ2n) is 6.43. The Hall–Kier alpha value is -2.77. The lowest BCUT2D eigenvalue weighted by molar-refractivity contribution is -0.142. The van der Waals surface area contributed by atoms with E-state index in [9.17, 15) is 19.5 Å². The van der Waals surface area contributed by atoms with E-state index < -0.39 is 29.9 Å². The van der Waals surface area contributed by atoms with Crippen LogP contribution < -0.4 is 15.5 Å². The van der Waals surface area contributed by atoms with Gasteiger partial charge in [0.1, 0.15) is 12.0 Å². The maximum Gasteiger partial charge on any atom is 0.319 e. The van der Waals surface area contributed by atoms with Crippen LogP contribution in [0.25, 0.3) is 0 Å². The van der Waals surface area contributed by atoms with E-state index in [2.05, 4.69) is 10.6 Å². The van der Waals surface area contributed by atoms with Crippen LogP contribution in [-0.2, 0) is 9.59 Å². The van der Waals surface area contributed by atoms with Crippen molar-refractivity contribution in [2.24, 2.45) is 5.92 Å². The van der Waals surface area contributed by atoms with E-state index >= 15 is 0 Å². The third-order valence-electron chi connectivity index (χ3n) is 4.44. The zero-order chi connectivity index (χ0) is 20.4. The number of benzene rings is 2. The number of anilines is 2. The summed E-state index contributed by atoms with van der Waals surface area (Å²) in [5.41, 5.74) is 1.96. The SMILES string of the molecule is Cc1ccc(N2CC(C(=O)O)C(NC(=O)Nc3ccc(Cl)c(Cl)c3)C2=O)cc1. The first-order valence-corrected chi connectivity index (χ1v) is 9.15. The van der Waals surface area contributed by atoms with E-state index in [1.165, 1.54) is 23.1 Å². The van der Waals surface area contributed by atoms with E-state index in [4.69, 9.17) is 23.2 Å². The van der Waals surface area contributed by atoms with Crippen molar-refractivity contribution in [1.29, 1.82) is 0 Å². The van der Waals surface area contributed by atoms with Crippen LogP contribution >= 0.6 is 23.2 Å². The number of rotatable bonds is 4. The molecule has 0 radical (unpaired) electrons. The van der Waals surface area contributed by atoms with Gasteiger partial charge in [0, 0.05) is 17.9 Å². The number of hydrogen-bond acceptors (Lipinski definition) is 3. The maximum atomic E-state index is 12.8. The van der Waals surface area contributed by atoms with Gasteiger partial charge < -0.3 is 20.6 Å². The molecule has 2 atom stereocenters. The summed E-state index contributed by atoms with van der Waals surface area (Å²) in [6.45, 7) is 1.88. The summed E-state index contributed by atoms with van der Waals surface area (Å²) >= 11 is 11.7. The highest BCUT2D eigenvalue weighted by Gasteiger charge is 2.46. The molecule has 28 heavy (non-hydrogen) atoms. The topological polar surface area (TPSA) is 98.7 Å². The van der Waals surface area contributed by atoms with Gasteiger partial charge in [-0.05, 0) is 37.3 Å². The average Bonchev–Trinajstić information content (AvgIpc) is 2.96. The van der Waals surface area contributed by atoms with Crippen LogP contribution in [-0.4, -0.2) is 35.6 Å². The Bertz CT molecular complexity index is 933. The van der Waals surface area contributed by atoms with Crippen molar-refractivity contribution in [3.05, 3.63) is 58.1 Å². The highest BCUT2D eigenvalue weighted by Crippen LogP contribution is 2.27. The predicted molar refractivity (Wildman–Crippen MR) is 107 cm³/mol. The van der Waals surface area contributed by atoms with Gasteiger partial charge >= 0.3 is 12.0 Å². The molecule has 146 valence electrons. The number of carboxylic acid groups (broad SMARTS) is 1. The summed E-state index contributed by atoms with van der Waals surface area (Å²) in [7, 11) is 0. The van der Waals surface area contributed by atoms with Gasteiger partial charge in [0.05, 0.1) is 10.0 Å². The third-order valence-corrected chi connectivity index (χ3v) is 5.18. The third kappa shape index (κ3) is 4.21. The van der Waals surface area contributed by atoms with Gasteiger partial charge in [-0.15, -0.1) is 0 Å². The minimum Gasteiger partial charge on any atom is -0.481 e. The molecule has 1 aliphatic rings. The van der Waals surface area contributed by atoms with Gasteiger partial charge in [-0.1, -0.05) is 40.9 Å². The van der Waals surface area contributed by atoms with Crippen LogP contribution in [0.5, 0.6) is 0 Å². The molecular weight excluding hydrogens is 405 g/mol. The van der Waals surface area contributed by atoms with Crippen molar-refractivity contribution in [1.82, 2.24) is 5.32 Å². The number of hydrogen-bond donors (Lipinski definition) is 3. The minimum atomic E-state index is -1.19. The van der Waals surface area contributed by atoms with Crippen molar-refractivity contribution in [2.75, 3.05) is 16.8 Å². The molecule has 0 spiro atoms. The van der Waals surface area contributed by atoms with Crippen molar-refractivity contribution >= 4 is 52.5 Å². The average molecular weight is 422 g/mol. The Labute approximate surface area is 171 Å². The molecule has 3 amide bonds. The number of carbonyl (C=O) groups excluding carboxylic acids is 2. The first-order chi connectivity index (χ1) is 13.3. The molecule has 0 aromatic heterocycles. The number of carbonyl (C=O) groups is 3. The highest BCUT2D eigenvalue weighted by molar-refractivity contribution is 6.42. The first-order valence-electron chi connectivity index (χ1n) is 8.39.